The molecule has 0 aliphatic rings. The fourth-order valence-electron chi connectivity index (χ4n) is 3.37. The van der Waals surface area contributed by atoms with E-state index in [1.807, 2.05) is 30.5 Å². The van der Waals surface area contributed by atoms with Crippen molar-refractivity contribution in [2.24, 2.45) is 0 Å². The van der Waals surface area contributed by atoms with Crippen molar-refractivity contribution < 1.29 is 9.59 Å². The number of rotatable bonds is 6. The van der Waals surface area contributed by atoms with Gasteiger partial charge < -0.3 is 25.3 Å². The molecule has 0 saturated carbocycles. The molecule has 0 bridgehead atoms. The van der Waals surface area contributed by atoms with Gasteiger partial charge in [0.05, 0.1) is 23.6 Å². The molecule has 0 radical (unpaired) electrons. The lowest BCUT2D eigenvalue weighted by atomic mass is 10.0. The van der Waals surface area contributed by atoms with Crippen LogP contribution in [0.15, 0.2) is 30.5 Å². The summed E-state index contributed by atoms with van der Waals surface area (Å²) in [5, 5.41) is 8.89. The maximum atomic E-state index is 12.3. The molecule has 3 amide bonds. The minimum absolute atomic E-state index is 0. The van der Waals surface area contributed by atoms with Gasteiger partial charge in [0.2, 0.25) is 5.91 Å². The molecule has 0 saturated heterocycles. The number of carbonyl (C=O) groups excluding carboxylic acids is 2. The Morgan fingerprint density at radius 1 is 1.09 bits per heavy atom. The summed E-state index contributed by atoms with van der Waals surface area (Å²) in [4.78, 5) is 30.1. The van der Waals surface area contributed by atoms with E-state index in [1.54, 1.807) is 14.1 Å². The molecule has 0 atom stereocenters. The Labute approximate surface area is 194 Å². The van der Waals surface area contributed by atoms with E-state index < -0.39 is 6.03 Å². The fourth-order valence-corrected chi connectivity index (χ4v) is 3.37. The number of fused-ring (bicyclic) bond motifs is 1. The van der Waals surface area contributed by atoms with Crippen molar-refractivity contribution in [2.75, 3.05) is 31.3 Å². The molecule has 9 heteroatoms. The quantitative estimate of drug-likeness (QED) is 0.523. The first-order chi connectivity index (χ1) is 14.7. The molecule has 0 fully saturated rings. The van der Waals surface area contributed by atoms with Crippen molar-refractivity contribution in [2.45, 2.75) is 34.2 Å². The average molecular weight is 459 g/mol. The van der Waals surface area contributed by atoms with Crippen molar-refractivity contribution in [1.29, 1.82) is 0 Å². The standard InChI is InChI=1S/C23H30N6O2.ClH/c1-14-8-7-9-15(2)19(14)11-24-20-10-18(13-29-17(4)16(3)26-22(20)29)27-23(31)25-12-21(30)28(5)6;/h7-10,13,24H,11-12H2,1-6H3,(H2,25,27,31);1H. The molecule has 2 aromatic heterocycles. The summed E-state index contributed by atoms with van der Waals surface area (Å²) in [7, 11) is 3.29. The normalized spacial score (nSPS) is 10.4. The van der Waals surface area contributed by atoms with Gasteiger partial charge in [-0.25, -0.2) is 9.78 Å². The third-order valence-electron chi connectivity index (χ3n) is 5.45. The number of anilines is 2. The highest BCUT2D eigenvalue weighted by Crippen LogP contribution is 2.26. The van der Waals surface area contributed by atoms with Crippen molar-refractivity contribution in [3.8, 4) is 0 Å². The highest BCUT2D eigenvalue weighted by Gasteiger charge is 2.14. The molecular formula is C23H31ClN6O2. The van der Waals surface area contributed by atoms with Crippen LogP contribution in [0.4, 0.5) is 16.2 Å². The van der Waals surface area contributed by atoms with Crippen LogP contribution in [0.3, 0.4) is 0 Å². The van der Waals surface area contributed by atoms with E-state index in [4.69, 9.17) is 4.98 Å². The van der Waals surface area contributed by atoms with Crippen LogP contribution in [-0.2, 0) is 11.3 Å². The Bertz CT molecular complexity index is 1120. The first-order valence-electron chi connectivity index (χ1n) is 10.2. The number of halogens is 1. The molecule has 32 heavy (non-hydrogen) atoms. The number of hydrogen-bond acceptors (Lipinski definition) is 4. The monoisotopic (exact) mass is 458 g/mol. The third kappa shape index (κ3) is 5.50. The fraction of sp³-hybridized carbons (Fsp3) is 0.348. The maximum Gasteiger partial charge on any atom is 0.319 e. The van der Waals surface area contributed by atoms with Gasteiger partial charge in [0.25, 0.3) is 0 Å². The molecule has 172 valence electrons. The lowest BCUT2D eigenvalue weighted by molar-refractivity contribution is -0.127. The second-order valence-corrected chi connectivity index (χ2v) is 7.94. The number of aryl methyl sites for hydroxylation is 4. The number of carbonyl (C=O) groups is 2. The number of likely N-dealkylation sites (N-methyl/N-ethyl adjacent to an activating group) is 1. The van der Waals surface area contributed by atoms with Gasteiger partial charge in [0.1, 0.15) is 0 Å². The number of aromatic nitrogens is 2. The first-order valence-corrected chi connectivity index (χ1v) is 10.2. The molecule has 8 nitrogen and oxygen atoms in total. The molecule has 3 N–H and O–H groups in total. The zero-order valence-corrected chi connectivity index (χ0v) is 20.2. The van der Waals surface area contributed by atoms with Crippen molar-refractivity contribution in [1.82, 2.24) is 19.6 Å². The predicted octanol–water partition coefficient (Wildman–Crippen LogP) is 3.81. The smallest absolute Gasteiger partial charge is 0.319 e. The molecule has 1 aromatic carbocycles. The number of nitrogens with zero attached hydrogens (tertiary/aromatic N) is 3. The van der Waals surface area contributed by atoms with Crippen LogP contribution in [0.5, 0.6) is 0 Å². The Morgan fingerprint density at radius 2 is 1.75 bits per heavy atom. The summed E-state index contributed by atoms with van der Waals surface area (Å²) in [6, 6.07) is 7.67. The summed E-state index contributed by atoms with van der Waals surface area (Å²) in [5.41, 5.74) is 7.82. The van der Waals surface area contributed by atoms with Gasteiger partial charge in [-0.2, -0.15) is 0 Å². The van der Waals surface area contributed by atoms with Crippen LogP contribution in [0, 0.1) is 27.7 Å². The molecule has 0 unspecified atom stereocenters. The number of amides is 3. The van der Waals surface area contributed by atoms with Gasteiger partial charge in [-0.05, 0) is 50.5 Å². The molecule has 3 rings (SSSR count). The zero-order valence-electron chi connectivity index (χ0n) is 19.4. The van der Waals surface area contributed by atoms with Crippen LogP contribution >= 0.6 is 12.4 Å². The van der Waals surface area contributed by atoms with Crippen LogP contribution in [0.1, 0.15) is 28.1 Å². The van der Waals surface area contributed by atoms with Crippen LogP contribution < -0.4 is 16.0 Å². The van der Waals surface area contributed by atoms with E-state index in [2.05, 4.69) is 48.0 Å². The SMILES string of the molecule is Cc1cccc(C)c1CNc1cc(NC(=O)NCC(=O)N(C)C)cn2c(C)c(C)nc12.Cl. The van der Waals surface area contributed by atoms with Crippen molar-refractivity contribution in [3.05, 3.63) is 58.5 Å². The molecule has 0 aliphatic carbocycles. The number of urea groups is 1. The first kappa shape index (κ1) is 25.0. The zero-order chi connectivity index (χ0) is 22.7. The lowest BCUT2D eigenvalue weighted by Gasteiger charge is -2.15. The number of benzene rings is 1. The Kier molecular flexibility index (Phi) is 8.10. The van der Waals surface area contributed by atoms with Crippen LogP contribution in [0.25, 0.3) is 5.65 Å². The number of imidazole rings is 1. The van der Waals surface area contributed by atoms with E-state index >= 15 is 0 Å². The largest absolute Gasteiger partial charge is 0.378 e. The lowest BCUT2D eigenvalue weighted by Crippen LogP contribution is -2.38. The van der Waals surface area contributed by atoms with Crippen molar-refractivity contribution in [3.63, 3.8) is 0 Å². The van der Waals surface area contributed by atoms with Gasteiger partial charge in [-0.3, -0.25) is 4.79 Å². The number of pyridine rings is 1. The summed E-state index contributed by atoms with van der Waals surface area (Å²) in [5.74, 6) is -0.178. The topological polar surface area (TPSA) is 90.8 Å². The minimum Gasteiger partial charge on any atom is -0.378 e. The Hall–Kier alpha value is -3.26. The van der Waals surface area contributed by atoms with Crippen LogP contribution in [0.2, 0.25) is 0 Å². The molecular weight excluding hydrogens is 428 g/mol. The van der Waals surface area contributed by atoms with Crippen LogP contribution in [-0.4, -0.2) is 46.9 Å². The van der Waals surface area contributed by atoms with E-state index in [0.717, 1.165) is 22.7 Å². The molecule has 2 heterocycles. The average Bonchev–Trinajstić information content (AvgIpc) is 3.00. The van der Waals surface area contributed by atoms with E-state index in [1.165, 1.54) is 21.6 Å². The summed E-state index contributed by atoms with van der Waals surface area (Å²) >= 11 is 0. The Balaban J connectivity index is 0.00000363. The van der Waals surface area contributed by atoms with E-state index in [-0.39, 0.29) is 24.9 Å². The van der Waals surface area contributed by atoms with Gasteiger partial charge in [-0.15, -0.1) is 12.4 Å². The summed E-state index contributed by atoms with van der Waals surface area (Å²) in [6.07, 6.45) is 1.84. The molecule has 0 aliphatic heterocycles. The second-order valence-electron chi connectivity index (χ2n) is 7.94. The Morgan fingerprint density at radius 3 is 2.38 bits per heavy atom. The third-order valence-corrected chi connectivity index (χ3v) is 5.45. The maximum absolute atomic E-state index is 12.3. The van der Waals surface area contributed by atoms with Gasteiger partial charge in [0, 0.05) is 32.5 Å². The summed E-state index contributed by atoms with van der Waals surface area (Å²) in [6.45, 7) is 8.73. The van der Waals surface area contributed by atoms with E-state index in [9.17, 15) is 9.59 Å². The van der Waals surface area contributed by atoms with Crippen molar-refractivity contribution >= 4 is 41.4 Å². The van der Waals surface area contributed by atoms with Gasteiger partial charge >= 0.3 is 6.03 Å². The predicted molar refractivity (Wildman–Crippen MR) is 131 cm³/mol. The van der Waals surface area contributed by atoms with Gasteiger partial charge in [0.15, 0.2) is 5.65 Å². The highest BCUT2D eigenvalue weighted by atomic mass is 35.5. The van der Waals surface area contributed by atoms with E-state index in [0.29, 0.717) is 12.2 Å². The summed E-state index contributed by atoms with van der Waals surface area (Å²) < 4.78 is 1.96. The highest BCUT2D eigenvalue weighted by molar-refractivity contribution is 5.93. The number of hydrogen-bond donors (Lipinski definition) is 3. The molecule has 0 spiro atoms. The van der Waals surface area contributed by atoms with Gasteiger partial charge in [-0.1, -0.05) is 18.2 Å². The molecule has 3 aromatic rings. The second kappa shape index (κ2) is 10.4. The minimum atomic E-state index is -0.440. The number of nitrogens with one attached hydrogen (secondary N) is 3.